The monoisotopic (exact) mass is 430 g/mol. The van der Waals surface area contributed by atoms with Gasteiger partial charge in [0.25, 0.3) is 0 Å². The molecule has 1 rings (SSSR count). The van der Waals surface area contributed by atoms with E-state index < -0.39 is 24.6 Å². The van der Waals surface area contributed by atoms with E-state index in [1.54, 1.807) is 0 Å². The normalized spacial score (nSPS) is 23.7. The molecule has 0 saturated carbocycles. The lowest BCUT2D eigenvalue weighted by atomic mass is 10.0. The second kappa shape index (κ2) is 16.9. The highest BCUT2D eigenvalue weighted by Crippen LogP contribution is 2.31. The first-order valence-electron chi connectivity index (χ1n) is 12.4. The molecule has 0 spiro atoms. The lowest BCUT2D eigenvalue weighted by molar-refractivity contribution is -0.253. The highest BCUT2D eigenvalue weighted by molar-refractivity contribution is 5.69. The predicted octanol–water partition coefficient (Wildman–Crippen LogP) is 4.62. The number of ether oxygens (including phenoxy) is 2. The number of aliphatic hydroxyl groups excluding tert-OH is 2. The van der Waals surface area contributed by atoms with Gasteiger partial charge in [0.15, 0.2) is 6.10 Å². The molecule has 1 aliphatic heterocycles. The van der Waals surface area contributed by atoms with Gasteiger partial charge in [-0.25, -0.2) is 0 Å². The van der Waals surface area contributed by atoms with E-state index in [2.05, 4.69) is 6.92 Å². The minimum atomic E-state index is -1.90. The largest absolute Gasteiger partial charge is 0.456 e. The summed E-state index contributed by atoms with van der Waals surface area (Å²) in [5, 5.41) is 28.6. The lowest BCUT2D eigenvalue weighted by Gasteiger charge is -2.26. The molecule has 0 aromatic heterocycles. The smallest absolute Gasteiger partial charge is 0.306 e. The number of unbranched alkanes of at least 4 members (excludes halogenated alkanes) is 14. The third-order valence-corrected chi connectivity index (χ3v) is 6.04. The standard InChI is InChI=1S/C24H46O6/c1-2-3-4-5-6-7-8-9-10-11-12-13-14-15-16-17-23(27)29-22-18-21(19-25)30-24(22,28)20-26/h21-22,25-26,28H,2-20H2,1H3. The Kier molecular flexibility index (Phi) is 15.4. The van der Waals surface area contributed by atoms with Crippen molar-refractivity contribution in [3.05, 3.63) is 0 Å². The molecule has 1 saturated heterocycles. The highest BCUT2D eigenvalue weighted by atomic mass is 16.7. The summed E-state index contributed by atoms with van der Waals surface area (Å²) in [5.74, 6) is -2.29. The quantitative estimate of drug-likeness (QED) is 0.204. The van der Waals surface area contributed by atoms with Crippen LogP contribution in [0.2, 0.25) is 0 Å². The maximum Gasteiger partial charge on any atom is 0.306 e. The molecule has 6 nitrogen and oxygen atoms in total. The Balaban J connectivity index is 1.91. The fourth-order valence-electron chi connectivity index (χ4n) is 4.08. The van der Waals surface area contributed by atoms with Gasteiger partial charge in [0.1, 0.15) is 6.61 Å². The molecule has 0 radical (unpaired) electrons. The summed E-state index contributed by atoms with van der Waals surface area (Å²) in [5.41, 5.74) is 0. The fraction of sp³-hybridized carbons (Fsp3) is 0.958. The van der Waals surface area contributed by atoms with Crippen LogP contribution in [0.5, 0.6) is 0 Å². The zero-order valence-corrected chi connectivity index (χ0v) is 19.2. The van der Waals surface area contributed by atoms with Crippen LogP contribution in [0.25, 0.3) is 0 Å². The third kappa shape index (κ3) is 11.6. The summed E-state index contributed by atoms with van der Waals surface area (Å²) in [6.07, 6.45) is 18.0. The number of carbonyl (C=O) groups is 1. The minimum absolute atomic E-state index is 0.193. The van der Waals surface area contributed by atoms with Crippen LogP contribution in [0.4, 0.5) is 0 Å². The molecule has 1 aliphatic rings. The van der Waals surface area contributed by atoms with Crippen LogP contribution in [0, 0.1) is 0 Å². The average Bonchev–Trinajstić information content (AvgIpc) is 3.07. The molecule has 0 amide bonds. The van der Waals surface area contributed by atoms with E-state index in [1.807, 2.05) is 0 Å². The molecule has 178 valence electrons. The molecule has 3 atom stereocenters. The molecule has 0 bridgehead atoms. The summed E-state index contributed by atoms with van der Waals surface area (Å²) in [7, 11) is 0. The van der Waals surface area contributed by atoms with Crippen molar-refractivity contribution in [2.75, 3.05) is 13.2 Å². The fourth-order valence-corrected chi connectivity index (χ4v) is 4.08. The lowest BCUT2D eigenvalue weighted by Crippen LogP contribution is -2.45. The van der Waals surface area contributed by atoms with Crippen LogP contribution in [0.3, 0.4) is 0 Å². The Bertz CT molecular complexity index is 430. The first-order valence-corrected chi connectivity index (χ1v) is 12.4. The number of hydrogen-bond donors (Lipinski definition) is 3. The molecule has 3 N–H and O–H groups in total. The summed E-state index contributed by atoms with van der Waals surface area (Å²) in [6, 6.07) is 0. The van der Waals surface area contributed by atoms with Crippen molar-refractivity contribution >= 4 is 5.97 Å². The number of hydrogen-bond acceptors (Lipinski definition) is 6. The molecule has 30 heavy (non-hydrogen) atoms. The molecule has 0 aliphatic carbocycles. The van der Waals surface area contributed by atoms with Crippen molar-refractivity contribution < 1.29 is 29.6 Å². The van der Waals surface area contributed by atoms with E-state index >= 15 is 0 Å². The first kappa shape index (κ1) is 27.3. The van der Waals surface area contributed by atoms with E-state index in [0.717, 1.165) is 19.3 Å². The van der Waals surface area contributed by atoms with Crippen LogP contribution in [-0.4, -0.2) is 52.5 Å². The van der Waals surface area contributed by atoms with Gasteiger partial charge in [0, 0.05) is 12.8 Å². The van der Waals surface area contributed by atoms with Gasteiger partial charge in [-0.3, -0.25) is 4.79 Å². The van der Waals surface area contributed by atoms with E-state index in [0.29, 0.717) is 6.42 Å². The number of rotatable bonds is 19. The number of esters is 1. The molecule has 6 heteroatoms. The van der Waals surface area contributed by atoms with Crippen LogP contribution >= 0.6 is 0 Å². The van der Waals surface area contributed by atoms with E-state index in [9.17, 15) is 15.0 Å². The minimum Gasteiger partial charge on any atom is -0.456 e. The van der Waals surface area contributed by atoms with Gasteiger partial charge >= 0.3 is 5.97 Å². The van der Waals surface area contributed by atoms with Gasteiger partial charge in [-0.05, 0) is 6.42 Å². The van der Waals surface area contributed by atoms with Crippen LogP contribution in [0.15, 0.2) is 0 Å². The molecule has 0 aromatic rings. The average molecular weight is 431 g/mol. The van der Waals surface area contributed by atoms with Crippen molar-refractivity contribution in [2.45, 2.75) is 134 Å². The van der Waals surface area contributed by atoms with Crippen LogP contribution in [-0.2, 0) is 14.3 Å². The third-order valence-electron chi connectivity index (χ3n) is 6.04. The molecule has 1 fully saturated rings. The molecule has 3 unspecified atom stereocenters. The zero-order valence-electron chi connectivity index (χ0n) is 19.2. The van der Waals surface area contributed by atoms with E-state index in [-0.39, 0.29) is 19.0 Å². The SMILES string of the molecule is CCCCCCCCCCCCCCCCCC(=O)OC1CC(CO)OC1(O)CO. The summed E-state index contributed by atoms with van der Waals surface area (Å²) in [4.78, 5) is 12.0. The van der Waals surface area contributed by atoms with Gasteiger partial charge in [-0.2, -0.15) is 0 Å². The van der Waals surface area contributed by atoms with Crippen molar-refractivity contribution in [1.29, 1.82) is 0 Å². The maximum atomic E-state index is 12.0. The van der Waals surface area contributed by atoms with E-state index in [4.69, 9.17) is 14.6 Å². The van der Waals surface area contributed by atoms with Gasteiger partial charge in [0.05, 0.1) is 12.7 Å². The second-order valence-corrected chi connectivity index (χ2v) is 8.84. The Hall–Kier alpha value is -0.690. The Morgan fingerprint density at radius 1 is 0.867 bits per heavy atom. The number of carbonyl (C=O) groups excluding carboxylic acids is 1. The van der Waals surface area contributed by atoms with Crippen molar-refractivity contribution in [3.63, 3.8) is 0 Å². The topological polar surface area (TPSA) is 96.2 Å². The van der Waals surface area contributed by atoms with Gasteiger partial charge in [-0.15, -0.1) is 0 Å². The molecule has 1 heterocycles. The Morgan fingerprint density at radius 2 is 1.33 bits per heavy atom. The Labute approximate surface area is 183 Å². The first-order chi connectivity index (χ1) is 14.6. The second-order valence-electron chi connectivity index (χ2n) is 8.84. The number of aliphatic hydroxyl groups is 3. The summed E-state index contributed by atoms with van der Waals surface area (Å²) in [6.45, 7) is 1.31. The van der Waals surface area contributed by atoms with Crippen molar-refractivity contribution in [1.82, 2.24) is 0 Å². The van der Waals surface area contributed by atoms with Crippen LogP contribution in [0.1, 0.15) is 116 Å². The van der Waals surface area contributed by atoms with Gasteiger partial charge in [0.2, 0.25) is 5.79 Å². The van der Waals surface area contributed by atoms with Gasteiger partial charge < -0.3 is 24.8 Å². The van der Waals surface area contributed by atoms with Gasteiger partial charge in [-0.1, -0.05) is 96.8 Å². The van der Waals surface area contributed by atoms with E-state index in [1.165, 1.54) is 77.0 Å². The molecule has 0 aromatic carbocycles. The predicted molar refractivity (Wildman–Crippen MR) is 118 cm³/mol. The zero-order chi connectivity index (χ0) is 22.1. The van der Waals surface area contributed by atoms with Crippen LogP contribution < -0.4 is 0 Å². The Morgan fingerprint density at radius 3 is 1.77 bits per heavy atom. The summed E-state index contributed by atoms with van der Waals surface area (Å²) >= 11 is 0. The summed E-state index contributed by atoms with van der Waals surface area (Å²) < 4.78 is 10.5. The maximum absolute atomic E-state index is 12.0. The molecular weight excluding hydrogens is 384 g/mol. The van der Waals surface area contributed by atoms with Crippen molar-refractivity contribution in [3.8, 4) is 0 Å². The van der Waals surface area contributed by atoms with Crippen molar-refractivity contribution in [2.24, 2.45) is 0 Å². The highest BCUT2D eigenvalue weighted by Gasteiger charge is 2.49. The molecular formula is C24H46O6.